The van der Waals surface area contributed by atoms with Gasteiger partial charge in [-0.05, 0) is 29.5 Å². The monoisotopic (exact) mass is 271 g/mol. The Morgan fingerprint density at radius 2 is 1.65 bits per heavy atom. The molecule has 1 nitrogen and oxygen atoms in total. The largest absolute Gasteiger partial charge is 0.446 e. The van der Waals surface area contributed by atoms with Crippen LogP contribution >= 0.6 is 11.8 Å². The smallest absolute Gasteiger partial charge is 0.324 e. The van der Waals surface area contributed by atoms with E-state index in [1.807, 2.05) is 0 Å². The molecule has 0 bridgehead atoms. The van der Waals surface area contributed by atoms with Gasteiger partial charge in [-0.15, -0.1) is 0 Å². The quantitative estimate of drug-likeness (QED) is 0.662. The van der Waals surface area contributed by atoms with E-state index in [0.29, 0.717) is 5.56 Å². The van der Waals surface area contributed by atoms with Crippen molar-refractivity contribution in [1.29, 1.82) is 0 Å². The standard InChI is InChI=1S/C10H10F5NS/c11-9(12)5-8(16)6-1-3-7(4-2-6)17-10(13,14)15/h1-4,8-9H,5,16H2/t8-/m1/s1. The first-order valence-corrected chi connectivity index (χ1v) is 5.49. The van der Waals surface area contributed by atoms with Crippen molar-refractivity contribution in [3.05, 3.63) is 29.8 Å². The third-order valence-corrected chi connectivity index (χ3v) is 2.71. The summed E-state index contributed by atoms with van der Waals surface area (Å²) in [4.78, 5) is 0.00509. The number of hydrogen-bond donors (Lipinski definition) is 1. The molecule has 0 saturated heterocycles. The van der Waals surface area contributed by atoms with Crippen LogP contribution in [0.4, 0.5) is 22.0 Å². The van der Waals surface area contributed by atoms with Crippen molar-refractivity contribution in [2.24, 2.45) is 5.73 Å². The first-order chi connectivity index (χ1) is 7.78. The first kappa shape index (κ1) is 14.2. The van der Waals surface area contributed by atoms with Gasteiger partial charge in [0.1, 0.15) is 0 Å². The number of hydrogen-bond acceptors (Lipinski definition) is 2. The second-order valence-corrected chi connectivity index (χ2v) is 4.49. The summed E-state index contributed by atoms with van der Waals surface area (Å²) < 4.78 is 60.1. The molecule has 0 aromatic heterocycles. The van der Waals surface area contributed by atoms with Gasteiger partial charge in [0, 0.05) is 17.4 Å². The van der Waals surface area contributed by atoms with E-state index in [1.165, 1.54) is 24.3 Å². The molecule has 1 atom stereocenters. The van der Waals surface area contributed by atoms with Crippen molar-refractivity contribution in [1.82, 2.24) is 0 Å². The highest BCUT2D eigenvalue weighted by molar-refractivity contribution is 8.00. The zero-order valence-electron chi connectivity index (χ0n) is 8.55. The minimum atomic E-state index is -4.35. The van der Waals surface area contributed by atoms with Gasteiger partial charge in [0.15, 0.2) is 0 Å². The van der Waals surface area contributed by atoms with Crippen molar-refractivity contribution in [2.75, 3.05) is 0 Å². The highest BCUT2D eigenvalue weighted by Gasteiger charge is 2.29. The molecule has 0 aliphatic carbocycles. The van der Waals surface area contributed by atoms with Crippen molar-refractivity contribution >= 4 is 11.8 Å². The highest BCUT2D eigenvalue weighted by atomic mass is 32.2. The molecule has 0 amide bonds. The molecular formula is C10H10F5NS. The molecule has 0 radical (unpaired) electrons. The summed E-state index contributed by atoms with van der Waals surface area (Å²) in [6, 6.07) is 4.25. The van der Waals surface area contributed by atoms with E-state index >= 15 is 0 Å². The van der Waals surface area contributed by atoms with Gasteiger partial charge in [-0.2, -0.15) is 13.2 Å². The van der Waals surface area contributed by atoms with Gasteiger partial charge in [-0.1, -0.05) is 12.1 Å². The third kappa shape index (κ3) is 5.36. The van der Waals surface area contributed by atoms with E-state index in [9.17, 15) is 22.0 Å². The van der Waals surface area contributed by atoms with Crippen LogP contribution in [-0.2, 0) is 0 Å². The first-order valence-electron chi connectivity index (χ1n) is 4.67. The molecular weight excluding hydrogens is 261 g/mol. The molecule has 0 unspecified atom stereocenters. The molecule has 17 heavy (non-hydrogen) atoms. The predicted molar refractivity (Wildman–Crippen MR) is 55.9 cm³/mol. The Bertz CT molecular complexity index is 349. The van der Waals surface area contributed by atoms with Crippen LogP contribution in [0.15, 0.2) is 29.2 Å². The molecule has 0 aliphatic rings. The zero-order valence-corrected chi connectivity index (χ0v) is 9.36. The Labute approximate surface area is 99.2 Å². The molecule has 1 rings (SSSR count). The fourth-order valence-corrected chi connectivity index (χ4v) is 1.78. The van der Waals surface area contributed by atoms with Crippen molar-refractivity contribution in [2.45, 2.75) is 29.3 Å². The van der Waals surface area contributed by atoms with Crippen LogP contribution in [0.2, 0.25) is 0 Å². The van der Waals surface area contributed by atoms with Crippen LogP contribution in [0, 0.1) is 0 Å². The van der Waals surface area contributed by atoms with E-state index < -0.39 is 24.4 Å². The van der Waals surface area contributed by atoms with Gasteiger partial charge >= 0.3 is 5.51 Å². The maximum atomic E-state index is 12.0. The Morgan fingerprint density at radius 1 is 1.12 bits per heavy atom. The third-order valence-electron chi connectivity index (χ3n) is 1.97. The SMILES string of the molecule is N[C@H](CC(F)F)c1ccc(SC(F)(F)F)cc1. The van der Waals surface area contributed by atoms with Crippen molar-refractivity contribution in [3.8, 4) is 0 Å². The average Bonchev–Trinajstić information content (AvgIpc) is 2.15. The maximum Gasteiger partial charge on any atom is 0.446 e. The molecule has 0 fully saturated rings. The van der Waals surface area contributed by atoms with Crippen molar-refractivity contribution < 1.29 is 22.0 Å². The summed E-state index contributed by atoms with van der Waals surface area (Å²) in [7, 11) is 0. The zero-order chi connectivity index (χ0) is 13.1. The number of thioether (sulfide) groups is 1. The van der Waals surface area contributed by atoms with Gasteiger partial charge in [0.2, 0.25) is 6.43 Å². The maximum absolute atomic E-state index is 12.0. The van der Waals surface area contributed by atoms with Crippen LogP contribution in [-0.4, -0.2) is 11.9 Å². The van der Waals surface area contributed by atoms with Crippen LogP contribution in [0.5, 0.6) is 0 Å². The second-order valence-electron chi connectivity index (χ2n) is 3.35. The van der Waals surface area contributed by atoms with E-state index in [0.717, 1.165) is 0 Å². The molecule has 2 N–H and O–H groups in total. The number of alkyl halides is 5. The second kappa shape index (κ2) is 5.68. The minimum absolute atomic E-state index is 0.00509. The van der Waals surface area contributed by atoms with E-state index in [4.69, 9.17) is 5.73 Å². The highest BCUT2D eigenvalue weighted by Crippen LogP contribution is 2.37. The number of rotatable bonds is 4. The lowest BCUT2D eigenvalue weighted by Gasteiger charge is -2.12. The molecule has 0 heterocycles. The summed E-state index contributed by atoms with van der Waals surface area (Å²) in [6.07, 6.45) is -3.04. The van der Waals surface area contributed by atoms with Gasteiger partial charge < -0.3 is 5.73 Å². The Kier molecular flexibility index (Phi) is 4.76. The Balaban J connectivity index is 2.67. The summed E-state index contributed by atoms with van der Waals surface area (Å²) in [6.45, 7) is 0. The van der Waals surface area contributed by atoms with Gasteiger partial charge in [0.25, 0.3) is 0 Å². The Hall–Kier alpha value is -0.820. The molecule has 7 heteroatoms. The van der Waals surface area contributed by atoms with Crippen LogP contribution in [0.1, 0.15) is 18.0 Å². The molecule has 0 aliphatic heterocycles. The Morgan fingerprint density at radius 3 is 2.06 bits per heavy atom. The van der Waals surface area contributed by atoms with Gasteiger partial charge in [-0.25, -0.2) is 8.78 Å². The van der Waals surface area contributed by atoms with Gasteiger partial charge in [0.05, 0.1) is 0 Å². The minimum Gasteiger partial charge on any atom is -0.324 e. The van der Waals surface area contributed by atoms with Crippen LogP contribution < -0.4 is 5.73 Å². The summed E-state index contributed by atoms with van der Waals surface area (Å²) in [5, 5.41) is 0. The van der Waals surface area contributed by atoms with Crippen molar-refractivity contribution in [3.63, 3.8) is 0 Å². The summed E-state index contributed by atoms with van der Waals surface area (Å²) in [5.74, 6) is 0. The molecule has 1 aromatic rings. The van der Waals surface area contributed by atoms with E-state index in [2.05, 4.69) is 0 Å². The van der Waals surface area contributed by atoms with E-state index in [-0.39, 0.29) is 16.7 Å². The summed E-state index contributed by atoms with van der Waals surface area (Å²) in [5.41, 5.74) is 1.51. The molecule has 0 spiro atoms. The lowest BCUT2D eigenvalue weighted by molar-refractivity contribution is -0.0328. The predicted octanol–water partition coefficient (Wildman–Crippen LogP) is 3.95. The fourth-order valence-electron chi connectivity index (χ4n) is 1.24. The van der Waals surface area contributed by atoms with E-state index in [1.54, 1.807) is 0 Å². The number of nitrogens with two attached hydrogens (primary N) is 1. The number of benzene rings is 1. The molecule has 96 valence electrons. The lowest BCUT2D eigenvalue weighted by Crippen LogP contribution is -2.13. The van der Waals surface area contributed by atoms with Crippen LogP contribution in [0.3, 0.4) is 0 Å². The fraction of sp³-hybridized carbons (Fsp3) is 0.400. The average molecular weight is 271 g/mol. The van der Waals surface area contributed by atoms with Gasteiger partial charge in [-0.3, -0.25) is 0 Å². The number of halogens is 5. The van der Waals surface area contributed by atoms with Crippen LogP contribution in [0.25, 0.3) is 0 Å². The molecule has 0 saturated carbocycles. The topological polar surface area (TPSA) is 26.0 Å². The summed E-state index contributed by atoms with van der Waals surface area (Å²) >= 11 is -0.254. The normalized spacial score (nSPS) is 14.1. The molecule has 1 aromatic carbocycles. The lowest BCUT2D eigenvalue weighted by atomic mass is 10.1.